The lowest BCUT2D eigenvalue weighted by Gasteiger charge is -2.20. The van der Waals surface area contributed by atoms with Gasteiger partial charge in [-0.2, -0.15) is 0 Å². The third-order valence-corrected chi connectivity index (χ3v) is 2.78. The van der Waals surface area contributed by atoms with Crippen LogP contribution in [0.5, 0.6) is 0 Å². The number of hydrogen-bond acceptors (Lipinski definition) is 3. The fraction of sp³-hybridized carbons (Fsp3) is 0.533. The Hall–Kier alpha value is -1.06. The predicted molar refractivity (Wildman–Crippen MR) is 78.3 cm³/mol. The molecule has 0 fully saturated rings. The van der Waals surface area contributed by atoms with E-state index in [1.807, 2.05) is 52.0 Å². The van der Waals surface area contributed by atoms with Crippen molar-refractivity contribution in [3.05, 3.63) is 34.9 Å². The summed E-state index contributed by atoms with van der Waals surface area (Å²) in [6.45, 7) is 8.23. The van der Waals surface area contributed by atoms with Crippen LogP contribution in [0.4, 0.5) is 0 Å². The van der Waals surface area contributed by atoms with Crippen molar-refractivity contribution in [2.75, 3.05) is 6.54 Å². The second-order valence-electron chi connectivity index (χ2n) is 5.57. The molecule has 1 aromatic rings. The number of carbonyl (C=O) groups is 1. The molecule has 1 atom stereocenters. The van der Waals surface area contributed by atoms with E-state index in [-0.39, 0.29) is 12.0 Å². The first-order valence-electron chi connectivity index (χ1n) is 6.48. The molecule has 4 heteroatoms. The summed E-state index contributed by atoms with van der Waals surface area (Å²) < 4.78 is 5.24. The lowest BCUT2D eigenvalue weighted by atomic mass is 10.1. The Labute approximate surface area is 120 Å². The second kappa shape index (κ2) is 6.92. The molecule has 106 valence electrons. The van der Waals surface area contributed by atoms with Gasteiger partial charge in [-0.3, -0.25) is 4.79 Å². The average Bonchev–Trinajstić information content (AvgIpc) is 2.26. The maximum absolute atomic E-state index is 11.5. The lowest BCUT2D eigenvalue weighted by molar-refractivity contribution is -0.154. The highest BCUT2D eigenvalue weighted by Crippen LogP contribution is 2.17. The molecule has 0 aliphatic heterocycles. The first-order valence-corrected chi connectivity index (χ1v) is 6.86. The largest absolute Gasteiger partial charge is 0.460 e. The fourth-order valence-corrected chi connectivity index (χ4v) is 1.88. The first kappa shape index (κ1) is 16.0. The summed E-state index contributed by atoms with van der Waals surface area (Å²) in [7, 11) is 0. The Balaban J connectivity index is 2.35. The van der Waals surface area contributed by atoms with E-state index in [2.05, 4.69) is 5.32 Å². The molecule has 1 rings (SSSR count). The molecule has 0 aromatic heterocycles. The molecule has 0 saturated heterocycles. The predicted octanol–water partition coefficient (Wildman–Crippen LogP) is 3.72. The molecule has 1 unspecified atom stereocenters. The molecular formula is C15H22ClNO2. The van der Waals surface area contributed by atoms with Gasteiger partial charge in [0.15, 0.2) is 0 Å². The molecule has 19 heavy (non-hydrogen) atoms. The molecule has 0 heterocycles. The number of carbonyl (C=O) groups excluding carboxylic acids is 1. The number of halogens is 1. The maximum Gasteiger partial charge on any atom is 0.307 e. The van der Waals surface area contributed by atoms with Gasteiger partial charge in [-0.15, -0.1) is 0 Å². The second-order valence-corrected chi connectivity index (χ2v) is 6.00. The molecular weight excluding hydrogens is 262 g/mol. The topological polar surface area (TPSA) is 38.3 Å². The molecule has 0 bridgehead atoms. The van der Waals surface area contributed by atoms with Crippen LogP contribution in [0.3, 0.4) is 0 Å². The summed E-state index contributed by atoms with van der Waals surface area (Å²) in [6, 6.07) is 7.85. The van der Waals surface area contributed by atoms with Gasteiger partial charge in [0.05, 0.1) is 6.42 Å². The van der Waals surface area contributed by atoms with Crippen LogP contribution >= 0.6 is 11.6 Å². The van der Waals surface area contributed by atoms with Crippen LogP contribution in [0.2, 0.25) is 5.02 Å². The van der Waals surface area contributed by atoms with E-state index in [0.717, 1.165) is 10.6 Å². The minimum atomic E-state index is -0.421. The smallest absolute Gasteiger partial charge is 0.307 e. The Bertz CT molecular complexity index is 426. The zero-order valence-electron chi connectivity index (χ0n) is 12.0. The highest BCUT2D eigenvalue weighted by Gasteiger charge is 2.16. The van der Waals surface area contributed by atoms with Gasteiger partial charge in [0.25, 0.3) is 0 Å². The van der Waals surface area contributed by atoms with Crippen molar-refractivity contribution >= 4 is 17.6 Å². The van der Waals surface area contributed by atoms with E-state index >= 15 is 0 Å². The van der Waals surface area contributed by atoms with Crippen LogP contribution < -0.4 is 5.32 Å². The van der Waals surface area contributed by atoms with Crippen molar-refractivity contribution < 1.29 is 9.53 Å². The van der Waals surface area contributed by atoms with Gasteiger partial charge < -0.3 is 10.1 Å². The number of ether oxygens (including phenoxy) is 1. The molecule has 0 aliphatic carbocycles. The molecule has 3 nitrogen and oxygen atoms in total. The summed E-state index contributed by atoms with van der Waals surface area (Å²) in [4.78, 5) is 11.5. The first-order chi connectivity index (χ1) is 8.78. The summed E-state index contributed by atoms with van der Waals surface area (Å²) in [5.41, 5.74) is 0.687. The third-order valence-electron chi connectivity index (χ3n) is 2.55. The van der Waals surface area contributed by atoms with Gasteiger partial charge in [0.2, 0.25) is 0 Å². The minimum absolute atomic E-state index is 0.154. The molecule has 1 aromatic carbocycles. The standard InChI is InChI=1S/C15H22ClNO2/c1-11(12-6-5-7-13(16)10-12)17-9-8-14(18)19-15(2,3)4/h5-7,10-11,17H,8-9H2,1-4H3. The summed E-state index contributed by atoms with van der Waals surface area (Å²) in [5, 5.41) is 4.00. The van der Waals surface area contributed by atoms with Crippen LogP contribution in [0.1, 0.15) is 45.7 Å². The van der Waals surface area contributed by atoms with E-state index in [1.54, 1.807) is 0 Å². The summed E-state index contributed by atoms with van der Waals surface area (Å²) >= 11 is 5.94. The highest BCUT2D eigenvalue weighted by atomic mass is 35.5. The number of rotatable bonds is 5. The molecule has 0 radical (unpaired) electrons. The number of benzene rings is 1. The fourth-order valence-electron chi connectivity index (χ4n) is 1.68. The van der Waals surface area contributed by atoms with Crippen molar-refractivity contribution in [3.8, 4) is 0 Å². The van der Waals surface area contributed by atoms with Gasteiger partial charge >= 0.3 is 5.97 Å². The Morgan fingerprint density at radius 1 is 1.42 bits per heavy atom. The SMILES string of the molecule is CC(NCCC(=O)OC(C)(C)C)c1cccc(Cl)c1. The number of nitrogens with one attached hydrogen (secondary N) is 1. The van der Waals surface area contributed by atoms with Crippen molar-refractivity contribution in [1.82, 2.24) is 5.32 Å². The minimum Gasteiger partial charge on any atom is -0.460 e. The highest BCUT2D eigenvalue weighted by molar-refractivity contribution is 6.30. The summed E-state index contributed by atoms with van der Waals surface area (Å²) in [6.07, 6.45) is 0.363. The Morgan fingerprint density at radius 2 is 2.11 bits per heavy atom. The Kier molecular flexibility index (Phi) is 5.83. The van der Waals surface area contributed by atoms with Gasteiger partial charge in [-0.1, -0.05) is 23.7 Å². The average molecular weight is 284 g/mol. The number of esters is 1. The van der Waals surface area contributed by atoms with Crippen molar-refractivity contribution in [2.45, 2.75) is 45.8 Å². The Morgan fingerprint density at radius 3 is 2.68 bits per heavy atom. The van der Waals surface area contributed by atoms with E-state index in [4.69, 9.17) is 16.3 Å². The zero-order valence-corrected chi connectivity index (χ0v) is 12.8. The van der Waals surface area contributed by atoms with Gasteiger partial charge in [-0.25, -0.2) is 0 Å². The quantitative estimate of drug-likeness (QED) is 0.837. The van der Waals surface area contributed by atoms with Crippen molar-refractivity contribution in [3.63, 3.8) is 0 Å². The van der Waals surface area contributed by atoms with Crippen LogP contribution in [-0.2, 0) is 9.53 Å². The van der Waals surface area contributed by atoms with E-state index in [0.29, 0.717) is 13.0 Å². The third kappa shape index (κ3) is 6.60. The van der Waals surface area contributed by atoms with Gasteiger partial charge in [0.1, 0.15) is 5.60 Å². The lowest BCUT2D eigenvalue weighted by Crippen LogP contribution is -2.27. The maximum atomic E-state index is 11.5. The van der Waals surface area contributed by atoms with E-state index in [9.17, 15) is 4.79 Å². The van der Waals surface area contributed by atoms with Gasteiger partial charge in [-0.05, 0) is 45.4 Å². The molecule has 0 amide bonds. The van der Waals surface area contributed by atoms with E-state index < -0.39 is 5.60 Å². The van der Waals surface area contributed by atoms with Crippen LogP contribution in [0.15, 0.2) is 24.3 Å². The monoisotopic (exact) mass is 283 g/mol. The number of hydrogen-bond donors (Lipinski definition) is 1. The molecule has 0 spiro atoms. The van der Waals surface area contributed by atoms with Gasteiger partial charge in [0, 0.05) is 17.6 Å². The van der Waals surface area contributed by atoms with E-state index in [1.165, 1.54) is 0 Å². The van der Waals surface area contributed by atoms with Crippen LogP contribution in [0, 0.1) is 0 Å². The molecule has 0 aliphatic rings. The van der Waals surface area contributed by atoms with Crippen molar-refractivity contribution in [2.24, 2.45) is 0 Å². The van der Waals surface area contributed by atoms with Crippen molar-refractivity contribution in [1.29, 1.82) is 0 Å². The molecule has 0 saturated carbocycles. The molecule has 1 N–H and O–H groups in total. The summed E-state index contributed by atoms with van der Waals surface area (Å²) in [5.74, 6) is -0.182. The van der Waals surface area contributed by atoms with Crippen LogP contribution in [-0.4, -0.2) is 18.1 Å². The normalized spacial score (nSPS) is 13.1. The van der Waals surface area contributed by atoms with Crippen LogP contribution in [0.25, 0.3) is 0 Å². The zero-order chi connectivity index (χ0) is 14.5.